The molecule has 1 aliphatic heterocycles. The molecule has 1 unspecified atom stereocenters. The molecular weight excluding hydrogens is 423 g/mol. The van der Waals surface area contributed by atoms with Crippen molar-refractivity contribution in [1.29, 1.82) is 0 Å². The fourth-order valence-electron chi connectivity index (χ4n) is 3.34. The van der Waals surface area contributed by atoms with Crippen molar-refractivity contribution in [1.82, 2.24) is 15.5 Å². The predicted octanol–water partition coefficient (Wildman–Crippen LogP) is 3.73. The van der Waals surface area contributed by atoms with Crippen LogP contribution in [0.2, 0.25) is 0 Å². The van der Waals surface area contributed by atoms with Crippen LogP contribution >= 0.6 is 24.0 Å². The molecule has 0 aromatic heterocycles. The Balaban J connectivity index is 0.00000312. The smallest absolute Gasteiger partial charge is 0.191 e. The molecule has 25 heavy (non-hydrogen) atoms. The first-order chi connectivity index (χ1) is 11.7. The Bertz CT molecular complexity index is 490. The lowest BCUT2D eigenvalue weighted by molar-refractivity contribution is 0.159. The van der Waals surface area contributed by atoms with Gasteiger partial charge in [0.15, 0.2) is 5.96 Å². The number of aliphatic imine (C=N–C) groups is 1. The zero-order valence-corrected chi connectivity index (χ0v) is 18.3. The summed E-state index contributed by atoms with van der Waals surface area (Å²) in [5, 5.41) is 6.91. The second-order valence-corrected chi connectivity index (χ2v) is 7.22. The van der Waals surface area contributed by atoms with Gasteiger partial charge in [0, 0.05) is 26.2 Å². The highest BCUT2D eigenvalue weighted by molar-refractivity contribution is 14.0. The average Bonchev–Trinajstić information content (AvgIpc) is 2.58. The van der Waals surface area contributed by atoms with Crippen LogP contribution in [0.3, 0.4) is 0 Å². The molecule has 142 valence electrons. The topological polar surface area (TPSA) is 39.7 Å². The van der Waals surface area contributed by atoms with Gasteiger partial charge in [0.05, 0.1) is 6.54 Å². The molecule has 1 aliphatic rings. The van der Waals surface area contributed by atoms with Gasteiger partial charge in [-0.2, -0.15) is 0 Å². The lowest BCUT2D eigenvalue weighted by atomic mass is 9.97. The van der Waals surface area contributed by atoms with Crippen LogP contribution in [0.25, 0.3) is 0 Å². The minimum absolute atomic E-state index is 0. The highest BCUT2D eigenvalue weighted by Crippen LogP contribution is 2.16. The van der Waals surface area contributed by atoms with Gasteiger partial charge < -0.3 is 15.5 Å². The summed E-state index contributed by atoms with van der Waals surface area (Å²) in [6, 6.07) is 10.4. The number of piperidine rings is 1. The van der Waals surface area contributed by atoms with E-state index in [0.29, 0.717) is 0 Å². The molecule has 4 nitrogen and oxygen atoms in total. The van der Waals surface area contributed by atoms with Gasteiger partial charge in [0.25, 0.3) is 0 Å². The van der Waals surface area contributed by atoms with Crippen molar-refractivity contribution in [2.24, 2.45) is 16.8 Å². The maximum absolute atomic E-state index is 4.72. The number of likely N-dealkylation sites (tertiary alicyclic amines) is 1. The van der Waals surface area contributed by atoms with E-state index in [0.717, 1.165) is 37.4 Å². The zero-order chi connectivity index (χ0) is 17.2. The molecule has 1 aromatic rings. The quantitative estimate of drug-likeness (QED) is 0.372. The van der Waals surface area contributed by atoms with Gasteiger partial charge in [0.1, 0.15) is 0 Å². The predicted molar refractivity (Wildman–Crippen MR) is 119 cm³/mol. The summed E-state index contributed by atoms with van der Waals surface area (Å²) in [6.07, 6.45) is 2.64. The zero-order valence-electron chi connectivity index (χ0n) is 16.0. The number of rotatable bonds is 7. The highest BCUT2D eigenvalue weighted by atomic mass is 127. The van der Waals surface area contributed by atoms with E-state index in [2.05, 4.69) is 60.6 Å². The number of nitrogens with one attached hydrogen (secondary N) is 2. The number of hydrogen-bond donors (Lipinski definition) is 2. The van der Waals surface area contributed by atoms with Crippen molar-refractivity contribution in [2.75, 3.05) is 32.7 Å². The van der Waals surface area contributed by atoms with Crippen molar-refractivity contribution in [3.05, 3.63) is 35.9 Å². The molecule has 0 aliphatic carbocycles. The Morgan fingerprint density at radius 1 is 1.24 bits per heavy atom. The molecule has 2 N–H and O–H groups in total. The highest BCUT2D eigenvalue weighted by Gasteiger charge is 2.20. The number of halogens is 1. The van der Waals surface area contributed by atoms with Crippen LogP contribution in [0, 0.1) is 11.8 Å². The van der Waals surface area contributed by atoms with Gasteiger partial charge in [-0.3, -0.25) is 0 Å². The minimum Gasteiger partial charge on any atom is -0.357 e. The van der Waals surface area contributed by atoms with Gasteiger partial charge in [-0.25, -0.2) is 4.99 Å². The van der Waals surface area contributed by atoms with E-state index in [1.165, 1.54) is 38.0 Å². The molecule has 1 aromatic carbocycles. The summed E-state index contributed by atoms with van der Waals surface area (Å²) < 4.78 is 0. The molecule has 1 atom stereocenters. The summed E-state index contributed by atoms with van der Waals surface area (Å²) in [5.41, 5.74) is 1.25. The number of hydrogen-bond acceptors (Lipinski definition) is 2. The monoisotopic (exact) mass is 458 g/mol. The maximum Gasteiger partial charge on any atom is 0.191 e. The third-order valence-electron chi connectivity index (χ3n) is 4.39. The fourth-order valence-corrected chi connectivity index (χ4v) is 3.34. The van der Waals surface area contributed by atoms with Gasteiger partial charge in [-0.15, -0.1) is 24.0 Å². The van der Waals surface area contributed by atoms with Gasteiger partial charge in [-0.05, 0) is 43.7 Å². The lowest BCUT2D eigenvalue weighted by Gasteiger charge is -2.34. The van der Waals surface area contributed by atoms with Gasteiger partial charge in [0.2, 0.25) is 0 Å². The summed E-state index contributed by atoms with van der Waals surface area (Å²) in [4.78, 5) is 7.34. The third kappa shape index (κ3) is 8.90. The Morgan fingerprint density at radius 3 is 2.68 bits per heavy atom. The summed E-state index contributed by atoms with van der Waals surface area (Å²) in [6.45, 7) is 13.0. The second kappa shape index (κ2) is 12.5. The molecule has 1 heterocycles. The maximum atomic E-state index is 4.72. The summed E-state index contributed by atoms with van der Waals surface area (Å²) in [5.74, 6) is 2.40. The van der Waals surface area contributed by atoms with Crippen molar-refractivity contribution in [3.63, 3.8) is 0 Å². The van der Waals surface area contributed by atoms with E-state index in [1.54, 1.807) is 0 Å². The largest absolute Gasteiger partial charge is 0.357 e. The standard InChI is InChI=1S/C20H34N4.HI/c1-4-21-20(22-13-18-9-6-5-7-10-18)23-14-19-11-8-12-24(16-19)15-17(2)3;/h5-7,9-10,17,19H,4,8,11-16H2,1-3H3,(H2,21,22,23);1H. The Hall–Kier alpha value is -0.820. The summed E-state index contributed by atoms with van der Waals surface area (Å²) in [7, 11) is 0. The minimum atomic E-state index is 0. The molecule has 0 saturated carbocycles. The van der Waals surface area contributed by atoms with E-state index in [9.17, 15) is 0 Å². The average molecular weight is 458 g/mol. The molecule has 5 heteroatoms. The number of nitrogens with zero attached hydrogens (tertiary/aromatic N) is 2. The first-order valence-corrected chi connectivity index (χ1v) is 9.45. The van der Waals surface area contributed by atoms with Crippen LogP contribution in [0.15, 0.2) is 35.3 Å². The van der Waals surface area contributed by atoms with E-state index in [-0.39, 0.29) is 24.0 Å². The molecule has 0 amide bonds. The Kier molecular flexibility index (Phi) is 11.1. The summed E-state index contributed by atoms with van der Waals surface area (Å²) >= 11 is 0. The van der Waals surface area contributed by atoms with Crippen LogP contribution < -0.4 is 10.6 Å². The third-order valence-corrected chi connectivity index (χ3v) is 4.39. The van der Waals surface area contributed by atoms with Crippen molar-refractivity contribution >= 4 is 29.9 Å². The van der Waals surface area contributed by atoms with E-state index >= 15 is 0 Å². The van der Waals surface area contributed by atoms with Gasteiger partial charge >= 0.3 is 0 Å². The van der Waals surface area contributed by atoms with Crippen LogP contribution in [0.5, 0.6) is 0 Å². The molecule has 0 radical (unpaired) electrons. The van der Waals surface area contributed by atoms with Crippen LogP contribution in [-0.4, -0.2) is 43.6 Å². The SMILES string of the molecule is CCNC(=NCc1ccccc1)NCC1CCCN(CC(C)C)C1.I. The molecule has 0 bridgehead atoms. The molecule has 1 fully saturated rings. The number of benzene rings is 1. The van der Waals surface area contributed by atoms with Crippen LogP contribution in [0.4, 0.5) is 0 Å². The molecule has 2 rings (SSSR count). The van der Waals surface area contributed by atoms with E-state index < -0.39 is 0 Å². The molecule has 0 spiro atoms. The van der Waals surface area contributed by atoms with E-state index in [4.69, 9.17) is 4.99 Å². The van der Waals surface area contributed by atoms with Crippen molar-refractivity contribution < 1.29 is 0 Å². The molecular formula is C20H35IN4. The first-order valence-electron chi connectivity index (χ1n) is 9.45. The Morgan fingerprint density at radius 2 is 2.00 bits per heavy atom. The second-order valence-electron chi connectivity index (χ2n) is 7.22. The van der Waals surface area contributed by atoms with Crippen molar-refractivity contribution in [2.45, 2.75) is 40.2 Å². The van der Waals surface area contributed by atoms with Crippen LogP contribution in [-0.2, 0) is 6.54 Å². The first kappa shape index (κ1) is 22.2. The number of guanidine groups is 1. The fraction of sp³-hybridized carbons (Fsp3) is 0.650. The van der Waals surface area contributed by atoms with Crippen LogP contribution in [0.1, 0.15) is 39.2 Å². The van der Waals surface area contributed by atoms with Crippen molar-refractivity contribution in [3.8, 4) is 0 Å². The Labute approximate surface area is 170 Å². The van der Waals surface area contributed by atoms with E-state index in [1.807, 2.05) is 6.07 Å². The van der Waals surface area contributed by atoms with Gasteiger partial charge in [-0.1, -0.05) is 44.2 Å². The molecule has 1 saturated heterocycles. The lowest BCUT2D eigenvalue weighted by Crippen LogP contribution is -2.45. The normalized spacial score (nSPS) is 18.7.